The molecule has 4 nitrogen and oxygen atoms in total. The van der Waals surface area contributed by atoms with Crippen LogP contribution in [0.2, 0.25) is 0 Å². The fourth-order valence-electron chi connectivity index (χ4n) is 2.33. The molecule has 0 aliphatic rings. The molecule has 0 bridgehead atoms. The summed E-state index contributed by atoms with van der Waals surface area (Å²) < 4.78 is 4.95. The molecule has 0 aliphatic carbocycles. The van der Waals surface area contributed by atoms with Gasteiger partial charge in [0.15, 0.2) is 0 Å². The quantitative estimate of drug-likeness (QED) is 0.630. The Morgan fingerprint density at radius 1 is 1.14 bits per heavy atom. The summed E-state index contributed by atoms with van der Waals surface area (Å²) in [5, 5.41) is 3.18. The molecule has 0 aromatic heterocycles. The fourth-order valence-corrected chi connectivity index (χ4v) is 2.33. The number of hydrogen-bond donors (Lipinski definition) is 1. The van der Waals surface area contributed by atoms with Gasteiger partial charge in [0.05, 0.1) is 19.2 Å². The summed E-state index contributed by atoms with van der Waals surface area (Å²) in [4.78, 5) is 22.9. The van der Waals surface area contributed by atoms with Crippen molar-refractivity contribution >= 4 is 12.3 Å². The van der Waals surface area contributed by atoms with Crippen LogP contribution in [0.25, 0.3) is 0 Å². The number of aldehydes is 1. The van der Waals surface area contributed by atoms with Gasteiger partial charge in [0.1, 0.15) is 6.29 Å². The van der Waals surface area contributed by atoms with Crippen molar-refractivity contribution in [2.24, 2.45) is 0 Å². The molecule has 0 heterocycles. The highest BCUT2D eigenvalue weighted by atomic mass is 16.5. The minimum Gasteiger partial charge on any atom is -0.465 e. The Hall–Kier alpha value is -2.46. The number of ether oxygens (including phenoxy) is 1. The zero-order valence-electron chi connectivity index (χ0n) is 12.5. The van der Waals surface area contributed by atoms with E-state index in [0.717, 1.165) is 17.4 Å². The fraction of sp³-hybridized carbons (Fsp3) is 0.222. The largest absolute Gasteiger partial charge is 0.465 e. The summed E-state index contributed by atoms with van der Waals surface area (Å²) >= 11 is 0. The third-order valence-electron chi connectivity index (χ3n) is 3.32. The number of carbonyl (C=O) groups is 2. The standard InChI is InChI=1S/C18H19NO3/c1-2-22-17(21)12-19-18(14-8-4-3-5-9-14)16-11-7-6-10-15(16)13-20/h3-11,13,18-19H,2,12H2,1H3. The number of carbonyl (C=O) groups excluding carboxylic acids is 2. The minimum absolute atomic E-state index is 0.0839. The number of nitrogens with one attached hydrogen (secondary N) is 1. The first kappa shape index (κ1) is 15.9. The van der Waals surface area contributed by atoms with E-state index in [-0.39, 0.29) is 18.6 Å². The third kappa shape index (κ3) is 4.02. The van der Waals surface area contributed by atoms with Crippen molar-refractivity contribution in [2.45, 2.75) is 13.0 Å². The highest BCUT2D eigenvalue weighted by molar-refractivity contribution is 5.78. The molecular formula is C18H19NO3. The van der Waals surface area contributed by atoms with E-state index in [9.17, 15) is 9.59 Å². The van der Waals surface area contributed by atoms with Gasteiger partial charge in [-0.1, -0.05) is 54.6 Å². The van der Waals surface area contributed by atoms with Crippen LogP contribution in [0, 0.1) is 0 Å². The lowest BCUT2D eigenvalue weighted by molar-refractivity contribution is -0.142. The van der Waals surface area contributed by atoms with E-state index in [1.54, 1.807) is 13.0 Å². The molecule has 1 unspecified atom stereocenters. The van der Waals surface area contributed by atoms with Gasteiger partial charge < -0.3 is 4.74 Å². The van der Waals surface area contributed by atoms with Gasteiger partial charge in [-0.25, -0.2) is 0 Å². The number of esters is 1. The van der Waals surface area contributed by atoms with E-state index in [1.165, 1.54) is 0 Å². The zero-order valence-corrected chi connectivity index (χ0v) is 12.5. The smallest absolute Gasteiger partial charge is 0.319 e. The van der Waals surface area contributed by atoms with E-state index < -0.39 is 0 Å². The van der Waals surface area contributed by atoms with Crippen LogP contribution in [0.4, 0.5) is 0 Å². The van der Waals surface area contributed by atoms with Crippen LogP contribution in [0.5, 0.6) is 0 Å². The van der Waals surface area contributed by atoms with E-state index in [0.29, 0.717) is 12.2 Å². The van der Waals surface area contributed by atoms with Crippen molar-refractivity contribution in [3.63, 3.8) is 0 Å². The molecule has 0 spiro atoms. The molecule has 0 saturated carbocycles. The minimum atomic E-state index is -0.313. The van der Waals surface area contributed by atoms with Crippen LogP contribution in [-0.4, -0.2) is 25.4 Å². The Bertz CT molecular complexity index is 625. The second-order valence-electron chi connectivity index (χ2n) is 4.78. The molecule has 0 amide bonds. The molecule has 0 aliphatic heterocycles. The van der Waals surface area contributed by atoms with Gasteiger partial charge in [-0.2, -0.15) is 0 Å². The molecule has 1 N–H and O–H groups in total. The number of rotatable bonds is 7. The lowest BCUT2D eigenvalue weighted by Crippen LogP contribution is -2.30. The van der Waals surface area contributed by atoms with Gasteiger partial charge in [-0.3, -0.25) is 14.9 Å². The summed E-state index contributed by atoms with van der Waals surface area (Å²) in [6.07, 6.45) is 0.831. The third-order valence-corrected chi connectivity index (χ3v) is 3.32. The molecule has 114 valence electrons. The molecular weight excluding hydrogens is 278 g/mol. The van der Waals surface area contributed by atoms with E-state index in [4.69, 9.17) is 4.74 Å². The SMILES string of the molecule is CCOC(=O)CNC(c1ccccc1)c1ccccc1C=O. The molecule has 0 fully saturated rings. The van der Waals surface area contributed by atoms with Gasteiger partial charge in [0, 0.05) is 5.56 Å². The molecule has 0 saturated heterocycles. The normalized spacial score (nSPS) is 11.7. The first-order valence-corrected chi connectivity index (χ1v) is 7.24. The Kier molecular flexibility index (Phi) is 5.86. The summed E-state index contributed by atoms with van der Waals surface area (Å²) in [6.45, 7) is 2.20. The van der Waals surface area contributed by atoms with Gasteiger partial charge in [0.2, 0.25) is 0 Å². The lowest BCUT2D eigenvalue weighted by atomic mass is 9.95. The van der Waals surface area contributed by atoms with Crippen molar-refractivity contribution in [3.05, 3.63) is 71.3 Å². The van der Waals surface area contributed by atoms with Crippen LogP contribution in [-0.2, 0) is 9.53 Å². The Morgan fingerprint density at radius 2 is 1.82 bits per heavy atom. The second kappa shape index (κ2) is 8.10. The Morgan fingerprint density at radius 3 is 2.50 bits per heavy atom. The van der Waals surface area contributed by atoms with Crippen LogP contribution < -0.4 is 5.32 Å². The topological polar surface area (TPSA) is 55.4 Å². The van der Waals surface area contributed by atoms with Crippen LogP contribution in [0.15, 0.2) is 54.6 Å². The summed E-state index contributed by atoms with van der Waals surface area (Å²) in [7, 11) is 0. The summed E-state index contributed by atoms with van der Waals surface area (Å²) in [5.74, 6) is -0.313. The van der Waals surface area contributed by atoms with E-state index in [1.807, 2.05) is 48.5 Å². The molecule has 4 heteroatoms. The van der Waals surface area contributed by atoms with Crippen molar-refractivity contribution in [3.8, 4) is 0 Å². The highest BCUT2D eigenvalue weighted by Gasteiger charge is 2.18. The molecule has 22 heavy (non-hydrogen) atoms. The van der Waals surface area contributed by atoms with Gasteiger partial charge in [-0.05, 0) is 18.1 Å². The Balaban J connectivity index is 2.29. The van der Waals surface area contributed by atoms with Crippen molar-refractivity contribution in [2.75, 3.05) is 13.2 Å². The van der Waals surface area contributed by atoms with Crippen LogP contribution in [0.3, 0.4) is 0 Å². The Labute approximate surface area is 130 Å². The van der Waals surface area contributed by atoms with Crippen molar-refractivity contribution in [1.82, 2.24) is 5.32 Å². The molecule has 2 aromatic rings. The highest BCUT2D eigenvalue weighted by Crippen LogP contribution is 2.24. The number of hydrogen-bond acceptors (Lipinski definition) is 4. The monoisotopic (exact) mass is 297 g/mol. The summed E-state index contributed by atoms with van der Waals surface area (Å²) in [5.41, 5.74) is 2.43. The van der Waals surface area contributed by atoms with Gasteiger partial charge >= 0.3 is 5.97 Å². The first-order chi connectivity index (χ1) is 10.8. The predicted molar refractivity (Wildman–Crippen MR) is 84.8 cm³/mol. The average Bonchev–Trinajstić information content (AvgIpc) is 2.57. The molecule has 2 aromatic carbocycles. The first-order valence-electron chi connectivity index (χ1n) is 7.24. The van der Waals surface area contributed by atoms with Crippen molar-refractivity contribution < 1.29 is 14.3 Å². The maximum absolute atomic E-state index is 11.6. The maximum atomic E-state index is 11.6. The predicted octanol–water partition coefficient (Wildman–Crippen LogP) is 2.74. The van der Waals surface area contributed by atoms with Crippen molar-refractivity contribution in [1.29, 1.82) is 0 Å². The number of benzene rings is 2. The summed E-state index contributed by atoms with van der Waals surface area (Å²) in [6, 6.07) is 16.8. The van der Waals surface area contributed by atoms with Crippen LogP contribution in [0.1, 0.15) is 34.5 Å². The zero-order chi connectivity index (χ0) is 15.8. The van der Waals surface area contributed by atoms with E-state index in [2.05, 4.69) is 5.32 Å². The maximum Gasteiger partial charge on any atom is 0.319 e. The molecule has 0 radical (unpaired) electrons. The van der Waals surface area contributed by atoms with E-state index >= 15 is 0 Å². The van der Waals surface area contributed by atoms with Gasteiger partial charge in [0.25, 0.3) is 0 Å². The molecule has 1 atom stereocenters. The van der Waals surface area contributed by atoms with Crippen LogP contribution >= 0.6 is 0 Å². The van der Waals surface area contributed by atoms with Gasteiger partial charge in [-0.15, -0.1) is 0 Å². The second-order valence-corrected chi connectivity index (χ2v) is 4.78. The average molecular weight is 297 g/mol. The molecule has 2 rings (SSSR count). The lowest BCUT2D eigenvalue weighted by Gasteiger charge is -2.20.